The van der Waals surface area contributed by atoms with E-state index in [-0.39, 0.29) is 17.4 Å². The van der Waals surface area contributed by atoms with Crippen LogP contribution in [0.25, 0.3) is 0 Å². The fourth-order valence-electron chi connectivity index (χ4n) is 2.81. The van der Waals surface area contributed by atoms with Gasteiger partial charge in [0.15, 0.2) is 0 Å². The zero-order chi connectivity index (χ0) is 20.1. The van der Waals surface area contributed by atoms with Gasteiger partial charge in [0, 0.05) is 13.0 Å². The van der Waals surface area contributed by atoms with Gasteiger partial charge < -0.3 is 20.5 Å². The molecule has 1 amide bonds. The average Bonchev–Trinajstić information content (AvgIpc) is 2.61. The van der Waals surface area contributed by atoms with E-state index in [2.05, 4.69) is 5.32 Å². The van der Waals surface area contributed by atoms with Gasteiger partial charge in [-0.3, -0.25) is 9.59 Å². The first-order chi connectivity index (χ1) is 12.9. The van der Waals surface area contributed by atoms with Crippen LogP contribution in [0.1, 0.15) is 74.6 Å². The molecule has 27 heavy (non-hydrogen) atoms. The van der Waals surface area contributed by atoms with Crippen LogP contribution in [-0.2, 0) is 4.79 Å². The molecule has 0 bridgehead atoms. The van der Waals surface area contributed by atoms with E-state index in [4.69, 9.17) is 15.2 Å². The maximum Gasteiger partial charge on any atom is 0.488 e. The third-order valence-corrected chi connectivity index (χ3v) is 4.39. The summed E-state index contributed by atoms with van der Waals surface area (Å²) in [6.45, 7) is 0.470. The number of carbonyl (C=O) groups is 2. The highest BCUT2D eigenvalue weighted by Gasteiger charge is 2.16. The van der Waals surface area contributed by atoms with Crippen molar-refractivity contribution in [3.05, 3.63) is 29.6 Å². The number of rotatable bonds is 14. The van der Waals surface area contributed by atoms with Crippen molar-refractivity contribution in [2.24, 2.45) is 0 Å². The van der Waals surface area contributed by atoms with Gasteiger partial charge in [-0.25, -0.2) is 4.39 Å². The Hall–Kier alpha value is -1.93. The summed E-state index contributed by atoms with van der Waals surface area (Å²) in [6.07, 6.45) is 9.28. The molecule has 0 spiro atoms. The van der Waals surface area contributed by atoms with Crippen molar-refractivity contribution in [3.63, 3.8) is 0 Å². The van der Waals surface area contributed by atoms with Crippen molar-refractivity contribution in [3.8, 4) is 0 Å². The molecule has 1 aromatic carbocycles. The van der Waals surface area contributed by atoms with Gasteiger partial charge in [0.2, 0.25) is 0 Å². The fourth-order valence-corrected chi connectivity index (χ4v) is 2.81. The van der Waals surface area contributed by atoms with E-state index in [1.54, 1.807) is 0 Å². The Morgan fingerprint density at radius 1 is 0.926 bits per heavy atom. The number of unbranched alkanes of at least 4 members (excludes halogenated alkanes) is 8. The molecule has 0 aliphatic heterocycles. The van der Waals surface area contributed by atoms with Gasteiger partial charge in [0.25, 0.3) is 5.91 Å². The van der Waals surface area contributed by atoms with Crippen LogP contribution in [0.2, 0.25) is 0 Å². The molecule has 0 atom stereocenters. The van der Waals surface area contributed by atoms with Crippen LogP contribution in [-0.4, -0.2) is 40.7 Å². The quantitative estimate of drug-likeness (QED) is 0.292. The summed E-state index contributed by atoms with van der Waals surface area (Å²) in [4.78, 5) is 22.3. The molecule has 1 aromatic rings. The zero-order valence-electron chi connectivity index (χ0n) is 15.6. The number of aliphatic carboxylic acids is 1. The minimum absolute atomic E-state index is 0.00550. The lowest BCUT2D eigenvalue weighted by molar-refractivity contribution is -0.137. The van der Waals surface area contributed by atoms with Crippen molar-refractivity contribution in [1.29, 1.82) is 0 Å². The second-order valence-corrected chi connectivity index (χ2v) is 6.69. The van der Waals surface area contributed by atoms with E-state index in [1.807, 2.05) is 0 Å². The first-order valence-corrected chi connectivity index (χ1v) is 9.57. The number of halogens is 1. The minimum Gasteiger partial charge on any atom is -0.481 e. The molecule has 4 N–H and O–H groups in total. The van der Waals surface area contributed by atoms with Gasteiger partial charge in [-0.2, -0.15) is 0 Å². The molecule has 0 unspecified atom stereocenters. The van der Waals surface area contributed by atoms with Crippen LogP contribution in [0, 0.1) is 5.82 Å². The highest BCUT2D eigenvalue weighted by atomic mass is 19.1. The third kappa shape index (κ3) is 10.1. The van der Waals surface area contributed by atoms with E-state index in [0.29, 0.717) is 6.54 Å². The molecule has 0 fully saturated rings. The summed E-state index contributed by atoms with van der Waals surface area (Å²) in [5, 5.41) is 29.2. The van der Waals surface area contributed by atoms with Gasteiger partial charge in [0.05, 0.1) is 5.56 Å². The molecule has 6 nitrogen and oxygen atoms in total. The lowest BCUT2D eigenvalue weighted by Crippen LogP contribution is -2.31. The maximum atomic E-state index is 13.8. The van der Waals surface area contributed by atoms with Gasteiger partial charge in [-0.05, 0) is 30.4 Å². The first kappa shape index (κ1) is 23.1. The van der Waals surface area contributed by atoms with E-state index >= 15 is 0 Å². The summed E-state index contributed by atoms with van der Waals surface area (Å²) in [5.41, 5.74) is -0.103. The third-order valence-electron chi connectivity index (χ3n) is 4.39. The van der Waals surface area contributed by atoms with E-state index in [1.165, 1.54) is 12.1 Å². The smallest absolute Gasteiger partial charge is 0.481 e. The number of hydrogen-bond donors (Lipinski definition) is 4. The molecule has 1 rings (SSSR count). The molecular weight excluding hydrogens is 352 g/mol. The largest absolute Gasteiger partial charge is 0.488 e. The monoisotopic (exact) mass is 381 g/mol. The molecule has 0 saturated carbocycles. The van der Waals surface area contributed by atoms with Crippen LogP contribution < -0.4 is 10.8 Å². The SMILES string of the molecule is O=C(O)CCCCCCCCCCCNC(=O)c1ccc(B(O)O)cc1F. The van der Waals surface area contributed by atoms with Crippen molar-refractivity contribution < 1.29 is 29.1 Å². The molecular formula is C19H29BFNO5. The maximum absolute atomic E-state index is 13.8. The fraction of sp³-hybridized carbons (Fsp3) is 0.579. The van der Waals surface area contributed by atoms with Crippen molar-refractivity contribution in [2.75, 3.05) is 6.54 Å². The Labute approximate surface area is 159 Å². The highest BCUT2D eigenvalue weighted by Crippen LogP contribution is 2.11. The molecule has 0 aliphatic rings. The Balaban J connectivity index is 2.05. The predicted octanol–water partition coefficient (Wildman–Crippen LogP) is 2.22. The van der Waals surface area contributed by atoms with Crippen LogP contribution in [0.3, 0.4) is 0 Å². The van der Waals surface area contributed by atoms with E-state index in [9.17, 15) is 14.0 Å². The van der Waals surface area contributed by atoms with Crippen molar-refractivity contribution in [1.82, 2.24) is 5.32 Å². The Morgan fingerprint density at radius 2 is 1.48 bits per heavy atom. The molecule has 0 aliphatic carbocycles. The van der Waals surface area contributed by atoms with Crippen LogP contribution in [0.15, 0.2) is 18.2 Å². The molecule has 0 aromatic heterocycles. The second-order valence-electron chi connectivity index (χ2n) is 6.69. The predicted molar refractivity (Wildman–Crippen MR) is 102 cm³/mol. The summed E-state index contributed by atoms with van der Waals surface area (Å²) < 4.78 is 13.8. The molecule has 150 valence electrons. The van der Waals surface area contributed by atoms with Crippen LogP contribution >= 0.6 is 0 Å². The summed E-state index contributed by atoms with van der Waals surface area (Å²) >= 11 is 0. The van der Waals surface area contributed by atoms with Gasteiger partial charge in [-0.15, -0.1) is 0 Å². The molecule has 0 radical (unpaired) electrons. The number of carbonyl (C=O) groups excluding carboxylic acids is 1. The van der Waals surface area contributed by atoms with Crippen molar-refractivity contribution in [2.45, 2.75) is 64.2 Å². The number of hydrogen-bond acceptors (Lipinski definition) is 4. The number of amides is 1. The lowest BCUT2D eigenvalue weighted by atomic mass is 9.80. The minimum atomic E-state index is -1.76. The Bertz CT molecular complexity index is 597. The number of carboxylic acids is 1. The lowest BCUT2D eigenvalue weighted by Gasteiger charge is -2.08. The summed E-state index contributed by atoms with van der Waals surface area (Å²) in [5.74, 6) is -2.01. The van der Waals surface area contributed by atoms with Crippen LogP contribution in [0.4, 0.5) is 4.39 Å². The van der Waals surface area contributed by atoms with Crippen molar-refractivity contribution >= 4 is 24.5 Å². The Morgan fingerprint density at radius 3 is 2.00 bits per heavy atom. The van der Waals surface area contributed by atoms with Gasteiger partial charge >= 0.3 is 13.1 Å². The van der Waals surface area contributed by atoms with Gasteiger partial charge in [-0.1, -0.05) is 51.0 Å². The standard InChI is InChI=1S/C19H29BFNO5/c21-17-14-15(20(26)27)11-12-16(17)19(25)22-13-9-7-5-3-1-2-4-6-8-10-18(23)24/h11-12,14,26-27H,1-10,13H2,(H,22,25)(H,23,24). The number of carboxylic acid groups (broad SMARTS) is 1. The highest BCUT2D eigenvalue weighted by molar-refractivity contribution is 6.58. The molecule has 8 heteroatoms. The topological polar surface area (TPSA) is 107 Å². The zero-order valence-corrected chi connectivity index (χ0v) is 15.6. The number of nitrogens with one attached hydrogen (secondary N) is 1. The van der Waals surface area contributed by atoms with Gasteiger partial charge in [0.1, 0.15) is 5.82 Å². The summed E-state index contributed by atoms with van der Waals surface area (Å²) in [7, 11) is -1.76. The van der Waals surface area contributed by atoms with E-state index < -0.39 is 24.8 Å². The number of benzene rings is 1. The van der Waals surface area contributed by atoms with E-state index in [0.717, 1.165) is 63.9 Å². The molecule has 0 heterocycles. The molecule has 0 saturated heterocycles. The Kier molecular flexibility index (Phi) is 11.4. The average molecular weight is 381 g/mol. The summed E-state index contributed by atoms with van der Waals surface area (Å²) in [6, 6.07) is 3.50. The van der Waals surface area contributed by atoms with Crippen LogP contribution in [0.5, 0.6) is 0 Å². The second kappa shape index (κ2) is 13.3. The normalized spacial score (nSPS) is 10.6. The first-order valence-electron chi connectivity index (χ1n) is 9.57.